The summed E-state index contributed by atoms with van der Waals surface area (Å²) in [5.41, 5.74) is -1.11. The second-order valence-electron chi connectivity index (χ2n) is 12.0. The summed E-state index contributed by atoms with van der Waals surface area (Å²) in [5, 5.41) is 0.683. The van der Waals surface area contributed by atoms with Crippen molar-refractivity contribution in [1.82, 2.24) is 24.7 Å². The smallest absolute Gasteiger partial charge is 0.333 e. The minimum absolute atomic E-state index is 0. The van der Waals surface area contributed by atoms with E-state index >= 15 is 0 Å². The first kappa shape index (κ1) is 30.4. The number of alkyl halides is 3. The third-order valence-electron chi connectivity index (χ3n) is 8.73. The molecule has 3 aliphatic rings. The fourth-order valence-corrected chi connectivity index (χ4v) is 7.56. The summed E-state index contributed by atoms with van der Waals surface area (Å²) in [6, 6.07) is 4.30. The molecule has 5 heterocycles. The molecule has 2 saturated heterocycles. The van der Waals surface area contributed by atoms with E-state index in [9.17, 15) is 27.6 Å². The number of aryl methyl sites for hydroxylation is 1. The molecule has 42 heavy (non-hydrogen) atoms. The van der Waals surface area contributed by atoms with Gasteiger partial charge in [-0.2, -0.15) is 13.2 Å². The van der Waals surface area contributed by atoms with Crippen molar-refractivity contribution >= 4 is 51.6 Å². The zero-order valence-corrected chi connectivity index (χ0v) is 25.4. The first-order chi connectivity index (χ1) is 19.2. The highest BCUT2D eigenvalue weighted by Gasteiger charge is 2.72. The molecule has 224 valence electrons. The maximum atomic E-state index is 13.9. The van der Waals surface area contributed by atoms with E-state index in [-0.39, 0.29) is 82.5 Å². The van der Waals surface area contributed by atoms with E-state index in [4.69, 9.17) is 0 Å². The highest BCUT2D eigenvalue weighted by Crippen LogP contribution is 2.63. The van der Waals surface area contributed by atoms with Crippen molar-refractivity contribution in [2.75, 3.05) is 26.7 Å². The number of hydrogen-bond donors (Lipinski definition) is 0. The summed E-state index contributed by atoms with van der Waals surface area (Å²) in [7, 11) is 1.96. The van der Waals surface area contributed by atoms with Gasteiger partial charge < -0.3 is 9.80 Å². The predicted molar refractivity (Wildman–Crippen MR) is 154 cm³/mol. The fourth-order valence-electron chi connectivity index (χ4n) is 6.42. The van der Waals surface area contributed by atoms with Crippen molar-refractivity contribution in [2.45, 2.75) is 46.5 Å². The van der Waals surface area contributed by atoms with Crippen molar-refractivity contribution in [2.24, 2.45) is 17.3 Å². The number of aromatic nitrogens is 2. The molecule has 1 saturated carbocycles. The first-order valence-corrected chi connectivity index (χ1v) is 14.3. The topological polar surface area (TPSA) is 86.7 Å². The molecule has 1 aliphatic carbocycles. The Morgan fingerprint density at radius 1 is 1.12 bits per heavy atom. The van der Waals surface area contributed by atoms with Gasteiger partial charge in [0.05, 0.1) is 28.6 Å². The lowest BCUT2D eigenvalue weighted by Crippen LogP contribution is -2.53. The van der Waals surface area contributed by atoms with Crippen LogP contribution in [0.5, 0.6) is 0 Å². The number of likely N-dealkylation sites (N-methyl/N-ethyl adjacent to an activating group) is 1. The Morgan fingerprint density at radius 3 is 2.40 bits per heavy atom. The lowest BCUT2D eigenvalue weighted by atomic mass is 10.00. The molecular formula is C29H31ClF3N5O3S. The normalized spacial score (nSPS) is 23.8. The average Bonchev–Trinajstić information content (AvgIpc) is 3.13. The highest BCUT2D eigenvalue weighted by atomic mass is 35.5. The number of hydrogen-bond acceptors (Lipinski definition) is 7. The van der Waals surface area contributed by atoms with Gasteiger partial charge in [-0.05, 0) is 55.5 Å². The number of thiophene rings is 1. The highest BCUT2D eigenvalue weighted by molar-refractivity contribution is 7.19. The van der Waals surface area contributed by atoms with Gasteiger partial charge in [-0.3, -0.25) is 24.3 Å². The van der Waals surface area contributed by atoms with Crippen molar-refractivity contribution in [3.8, 4) is 11.4 Å². The van der Waals surface area contributed by atoms with Crippen LogP contribution in [0.2, 0.25) is 0 Å². The largest absolute Gasteiger partial charge is 0.433 e. The monoisotopic (exact) mass is 621 g/mol. The van der Waals surface area contributed by atoms with Crippen LogP contribution in [0.25, 0.3) is 21.5 Å². The number of fused-ring (bicyclic) bond motifs is 2. The Hall–Kier alpha value is -3.09. The molecule has 2 unspecified atom stereocenters. The Labute approximate surface area is 251 Å². The van der Waals surface area contributed by atoms with Crippen molar-refractivity contribution in [3.63, 3.8) is 0 Å². The molecule has 0 spiro atoms. The molecule has 6 rings (SSSR count). The van der Waals surface area contributed by atoms with Crippen LogP contribution in [0, 0.1) is 24.2 Å². The quantitative estimate of drug-likeness (QED) is 0.380. The Balaban J connectivity index is 0.00000353. The summed E-state index contributed by atoms with van der Waals surface area (Å²) >= 11 is 1.24. The number of pyridine rings is 2. The Bertz CT molecular complexity index is 1600. The summed E-state index contributed by atoms with van der Waals surface area (Å²) in [6.07, 6.45) is -3.25. The van der Waals surface area contributed by atoms with Gasteiger partial charge in [-0.15, -0.1) is 23.7 Å². The van der Waals surface area contributed by atoms with Gasteiger partial charge in [-0.25, -0.2) is 4.98 Å². The molecule has 13 heteroatoms. The van der Waals surface area contributed by atoms with Crippen LogP contribution >= 0.6 is 23.7 Å². The minimum Gasteiger partial charge on any atom is -0.333 e. The summed E-state index contributed by atoms with van der Waals surface area (Å²) in [4.78, 5) is 53.9. The number of carbonyl (C=O) groups excluding carboxylic acids is 3. The predicted octanol–water partition coefficient (Wildman–Crippen LogP) is 5.02. The molecule has 3 fully saturated rings. The second kappa shape index (κ2) is 10.3. The Kier molecular flexibility index (Phi) is 7.43. The van der Waals surface area contributed by atoms with Gasteiger partial charge in [0, 0.05) is 36.8 Å². The number of imide groups is 1. The van der Waals surface area contributed by atoms with Gasteiger partial charge in [0.1, 0.15) is 17.1 Å². The van der Waals surface area contributed by atoms with Crippen molar-refractivity contribution in [3.05, 3.63) is 46.1 Å². The molecule has 0 aromatic carbocycles. The third kappa shape index (κ3) is 4.77. The molecule has 8 nitrogen and oxygen atoms in total. The number of likely N-dealkylation sites (tertiary alicyclic amines) is 1. The maximum absolute atomic E-state index is 13.9. The fraction of sp³-hybridized carbons (Fsp3) is 0.483. The molecule has 3 amide bonds. The molecule has 3 aromatic heterocycles. The molecule has 0 radical (unpaired) electrons. The van der Waals surface area contributed by atoms with Gasteiger partial charge in [0.25, 0.3) is 5.91 Å². The number of halogens is 4. The molecule has 3 aromatic rings. The van der Waals surface area contributed by atoms with E-state index in [2.05, 4.69) is 14.9 Å². The van der Waals surface area contributed by atoms with Crippen LogP contribution in [0.4, 0.5) is 13.2 Å². The standard InChI is InChI=1S/C29H30F3N5O3S.ClH/c1-14-10-18(29(30,31)32)34-22(19(14)25(38)36-9-8-35(5)12-15(36)2)23-24-16(6-7-33-23)11-17(41-24)13-37-26(39)20-21(27(37)40)28(20,3)4;/h6-7,10-11,15,20-21H,8-9,12-13H2,1-5H3;1H/t15-,20?,21?;/m0./s1. The summed E-state index contributed by atoms with van der Waals surface area (Å²) in [6.45, 7) is 9.05. The van der Waals surface area contributed by atoms with Gasteiger partial charge in [-0.1, -0.05) is 13.8 Å². The number of carbonyl (C=O) groups is 3. The molecular weight excluding hydrogens is 591 g/mol. The van der Waals surface area contributed by atoms with Crippen LogP contribution in [0.1, 0.15) is 47.3 Å². The van der Waals surface area contributed by atoms with E-state index in [1.807, 2.05) is 33.9 Å². The van der Waals surface area contributed by atoms with Gasteiger partial charge in [0.15, 0.2) is 0 Å². The van der Waals surface area contributed by atoms with Crippen LogP contribution < -0.4 is 0 Å². The third-order valence-corrected chi connectivity index (χ3v) is 9.87. The summed E-state index contributed by atoms with van der Waals surface area (Å²) in [5.74, 6) is -1.37. The second-order valence-corrected chi connectivity index (χ2v) is 13.1. The van der Waals surface area contributed by atoms with Crippen molar-refractivity contribution < 1.29 is 27.6 Å². The number of piperazine rings is 1. The van der Waals surface area contributed by atoms with Gasteiger partial charge >= 0.3 is 6.18 Å². The summed E-state index contributed by atoms with van der Waals surface area (Å²) < 4.78 is 42.3. The van der Waals surface area contributed by atoms with Crippen LogP contribution in [-0.2, 0) is 22.3 Å². The van der Waals surface area contributed by atoms with Crippen LogP contribution in [0.15, 0.2) is 24.4 Å². The van der Waals surface area contributed by atoms with Crippen LogP contribution in [0.3, 0.4) is 0 Å². The van der Waals surface area contributed by atoms with E-state index in [1.165, 1.54) is 29.4 Å². The maximum Gasteiger partial charge on any atom is 0.433 e. The molecule has 0 N–H and O–H groups in total. The van der Waals surface area contributed by atoms with E-state index in [0.29, 0.717) is 34.6 Å². The number of nitrogens with zero attached hydrogens (tertiary/aromatic N) is 5. The zero-order valence-electron chi connectivity index (χ0n) is 23.8. The molecule has 3 atom stereocenters. The Morgan fingerprint density at radius 2 is 1.79 bits per heavy atom. The number of amides is 3. The molecule has 0 bridgehead atoms. The minimum atomic E-state index is -4.72. The number of piperidine rings is 1. The van der Waals surface area contributed by atoms with Crippen molar-refractivity contribution in [1.29, 1.82) is 0 Å². The van der Waals surface area contributed by atoms with E-state index in [1.54, 1.807) is 11.0 Å². The number of rotatable bonds is 4. The van der Waals surface area contributed by atoms with E-state index < -0.39 is 11.9 Å². The average molecular weight is 622 g/mol. The molecule has 2 aliphatic heterocycles. The SMILES string of the molecule is Cc1cc(C(F)(F)F)nc(-c2nccc3cc(CN4C(=O)C5C(C4=O)C5(C)C)sc23)c1C(=O)N1CCN(C)C[C@@H]1C.Cl. The van der Waals surface area contributed by atoms with E-state index in [0.717, 1.165) is 6.07 Å². The zero-order chi connectivity index (χ0) is 29.6. The lowest BCUT2D eigenvalue weighted by molar-refractivity contribution is -0.144. The first-order valence-electron chi connectivity index (χ1n) is 13.5. The lowest BCUT2D eigenvalue weighted by Gasteiger charge is -2.38. The van der Waals surface area contributed by atoms with Gasteiger partial charge in [0.2, 0.25) is 11.8 Å². The van der Waals surface area contributed by atoms with Crippen LogP contribution in [-0.4, -0.2) is 75.1 Å².